The van der Waals surface area contributed by atoms with Gasteiger partial charge in [-0.25, -0.2) is 0 Å². The summed E-state index contributed by atoms with van der Waals surface area (Å²) in [6.45, 7) is 5.60. The predicted molar refractivity (Wildman–Crippen MR) is 59.5 cm³/mol. The Bertz CT molecular complexity index is 233. The van der Waals surface area contributed by atoms with E-state index in [1.165, 1.54) is 0 Å². The fourth-order valence-electron chi connectivity index (χ4n) is 2.19. The number of likely N-dealkylation sites (tertiary alicyclic amines) is 1. The van der Waals surface area contributed by atoms with Crippen molar-refractivity contribution in [1.82, 2.24) is 4.90 Å². The highest BCUT2D eigenvalue weighted by Gasteiger charge is 2.40. The number of β-amino-alcohol motifs (C(OH)–C–C–N with tert-alkyl or cyclic N) is 1. The molecule has 0 aromatic heterocycles. The minimum absolute atomic E-state index is 0.0604. The van der Waals surface area contributed by atoms with Crippen LogP contribution in [0.4, 0.5) is 0 Å². The van der Waals surface area contributed by atoms with Gasteiger partial charge >= 0.3 is 0 Å². The third kappa shape index (κ3) is 3.63. The van der Waals surface area contributed by atoms with Gasteiger partial charge in [0.25, 0.3) is 0 Å². The molecule has 1 unspecified atom stereocenters. The van der Waals surface area contributed by atoms with Crippen LogP contribution in [-0.2, 0) is 4.79 Å². The number of rotatable bonds is 4. The quantitative estimate of drug-likeness (QED) is 0.393. The van der Waals surface area contributed by atoms with Crippen molar-refractivity contribution < 1.29 is 9.90 Å². The van der Waals surface area contributed by atoms with Gasteiger partial charge in [0.15, 0.2) is 0 Å². The molecule has 1 fully saturated rings. The molecule has 1 aliphatic rings. The van der Waals surface area contributed by atoms with Gasteiger partial charge in [0.05, 0.1) is 4.83 Å². The zero-order chi connectivity index (χ0) is 11.0. The first-order valence-electron chi connectivity index (χ1n) is 4.66. The van der Waals surface area contributed by atoms with Crippen LogP contribution in [0.1, 0.15) is 20.3 Å². The van der Waals surface area contributed by atoms with E-state index in [-0.39, 0.29) is 11.2 Å². The maximum absolute atomic E-state index is 10.9. The highest BCUT2D eigenvalue weighted by Crippen LogP contribution is 2.34. The first-order valence-corrected chi connectivity index (χ1v) is 5.10. The Labute approximate surface area is 91.7 Å². The average molecular weight is 213 g/mol. The molecule has 14 heavy (non-hydrogen) atoms. The highest BCUT2D eigenvalue weighted by molar-refractivity contribution is 7.83. The normalized spacial score (nSPS) is 25.1. The summed E-state index contributed by atoms with van der Waals surface area (Å²) in [4.78, 5) is 11.5. The number of hydrogen-bond donors (Lipinski definition) is 2. The summed E-state index contributed by atoms with van der Waals surface area (Å²) in [6.07, 6.45) is 0.596. The van der Waals surface area contributed by atoms with Gasteiger partial charge < -0.3 is 9.90 Å². The first kappa shape index (κ1) is 12.1. The van der Waals surface area contributed by atoms with E-state index in [2.05, 4.69) is 19.6 Å². The van der Waals surface area contributed by atoms with E-state index in [0.717, 1.165) is 13.1 Å². The Morgan fingerprint density at radius 1 is 1.71 bits per heavy atom. The van der Waals surface area contributed by atoms with E-state index in [1.807, 2.05) is 4.90 Å². The van der Waals surface area contributed by atoms with Crippen molar-refractivity contribution in [3.05, 3.63) is 0 Å². The third-order valence-corrected chi connectivity index (χ3v) is 2.48. The van der Waals surface area contributed by atoms with Gasteiger partial charge in [0.1, 0.15) is 13.6 Å². The maximum Gasteiger partial charge on any atom is 0.130 e. The van der Waals surface area contributed by atoms with Crippen LogP contribution >= 0.6 is 12.6 Å². The van der Waals surface area contributed by atoms with Gasteiger partial charge in [-0.3, -0.25) is 4.90 Å². The van der Waals surface area contributed by atoms with Crippen LogP contribution in [0.25, 0.3) is 0 Å². The van der Waals surface area contributed by atoms with E-state index < -0.39 is 4.83 Å². The molecular formula is C9H16BNO2S. The van der Waals surface area contributed by atoms with Crippen LogP contribution in [0, 0.1) is 5.41 Å². The molecule has 1 atom stereocenters. The molecule has 2 radical (unpaired) electrons. The fourth-order valence-corrected chi connectivity index (χ4v) is 2.39. The number of thiol groups is 1. The van der Waals surface area contributed by atoms with Crippen molar-refractivity contribution in [2.45, 2.75) is 25.1 Å². The largest absolute Gasteiger partial charge is 0.388 e. The van der Waals surface area contributed by atoms with Crippen LogP contribution in [0.15, 0.2) is 0 Å². The molecule has 0 aromatic rings. The van der Waals surface area contributed by atoms with Gasteiger partial charge in [-0.1, -0.05) is 6.92 Å². The van der Waals surface area contributed by atoms with E-state index in [1.54, 1.807) is 6.92 Å². The Morgan fingerprint density at radius 3 is 2.57 bits per heavy atom. The van der Waals surface area contributed by atoms with E-state index in [9.17, 15) is 9.90 Å². The highest BCUT2D eigenvalue weighted by atomic mass is 32.1. The number of aliphatic hydroxyl groups is 1. The molecule has 0 bridgehead atoms. The monoisotopic (exact) mass is 213 g/mol. The molecule has 3 nitrogen and oxygen atoms in total. The minimum Gasteiger partial charge on any atom is -0.388 e. The van der Waals surface area contributed by atoms with E-state index >= 15 is 0 Å². The van der Waals surface area contributed by atoms with Crippen LogP contribution in [0.3, 0.4) is 0 Å². The minimum atomic E-state index is -1.43. The molecule has 1 aliphatic heterocycles. The molecule has 1 heterocycles. The lowest BCUT2D eigenvalue weighted by Gasteiger charge is -2.49. The number of hydrogen-bond acceptors (Lipinski definition) is 4. The van der Waals surface area contributed by atoms with Crippen molar-refractivity contribution in [3.63, 3.8) is 0 Å². The van der Waals surface area contributed by atoms with Crippen LogP contribution in [-0.4, -0.2) is 48.1 Å². The second-order valence-corrected chi connectivity index (χ2v) is 5.49. The molecule has 5 heteroatoms. The van der Waals surface area contributed by atoms with Gasteiger partial charge in [0.2, 0.25) is 0 Å². The van der Waals surface area contributed by atoms with E-state index in [0.29, 0.717) is 13.0 Å². The van der Waals surface area contributed by atoms with Crippen molar-refractivity contribution in [1.29, 1.82) is 0 Å². The summed E-state index contributed by atoms with van der Waals surface area (Å²) in [5, 5.41) is 9.24. The topological polar surface area (TPSA) is 40.5 Å². The lowest BCUT2D eigenvalue weighted by molar-refractivity contribution is -0.122. The van der Waals surface area contributed by atoms with Crippen LogP contribution < -0.4 is 0 Å². The third-order valence-electron chi connectivity index (χ3n) is 2.34. The molecule has 1 saturated heterocycles. The molecule has 0 aromatic carbocycles. The van der Waals surface area contributed by atoms with E-state index in [4.69, 9.17) is 7.85 Å². The molecule has 0 spiro atoms. The zero-order valence-electron chi connectivity index (χ0n) is 8.66. The second kappa shape index (κ2) is 3.87. The van der Waals surface area contributed by atoms with Gasteiger partial charge in [-0.05, 0) is 12.3 Å². The molecular weight excluding hydrogens is 197 g/mol. The molecule has 1 N–H and O–H groups in total. The number of nitrogens with zero attached hydrogens (tertiary/aromatic N) is 1. The SMILES string of the molecule is [B]C(O)(S)CN1CC(C)(CC(C)=O)C1. The molecule has 78 valence electrons. The summed E-state index contributed by atoms with van der Waals surface area (Å²) < 4.78 is 0. The number of Topliss-reactive ketones (excluding diaryl/α,β-unsaturated/α-hetero) is 1. The summed E-state index contributed by atoms with van der Waals surface area (Å²) in [6, 6.07) is 0. The summed E-state index contributed by atoms with van der Waals surface area (Å²) in [5.74, 6) is 0.209. The number of carbonyl (C=O) groups is 1. The molecule has 0 amide bonds. The fraction of sp³-hybridized carbons (Fsp3) is 0.889. The lowest BCUT2D eigenvalue weighted by atomic mass is 9.77. The zero-order valence-corrected chi connectivity index (χ0v) is 9.55. The van der Waals surface area contributed by atoms with Crippen molar-refractivity contribution >= 4 is 26.3 Å². The Hall–Kier alpha value is 0.00494. The van der Waals surface area contributed by atoms with Gasteiger partial charge in [0, 0.05) is 26.1 Å². The van der Waals surface area contributed by atoms with Crippen molar-refractivity contribution in [2.24, 2.45) is 5.41 Å². The Kier molecular flexibility index (Phi) is 3.34. The molecule has 1 rings (SSSR count). The van der Waals surface area contributed by atoms with Crippen LogP contribution in [0.2, 0.25) is 0 Å². The van der Waals surface area contributed by atoms with Crippen molar-refractivity contribution in [3.8, 4) is 0 Å². The lowest BCUT2D eigenvalue weighted by Crippen LogP contribution is -2.58. The average Bonchev–Trinajstić information content (AvgIpc) is 1.76. The summed E-state index contributed by atoms with van der Waals surface area (Å²) >= 11 is 3.83. The Morgan fingerprint density at radius 2 is 2.21 bits per heavy atom. The summed E-state index contributed by atoms with van der Waals surface area (Å²) in [7, 11) is 5.35. The smallest absolute Gasteiger partial charge is 0.130 e. The number of carbonyl (C=O) groups excluding carboxylic acids is 1. The predicted octanol–water partition coefficient (Wildman–Crippen LogP) is 0.0318. The maximum atomic E-state index is 10.9. The second-order valence-electron chi connectivity index (χ2n) is 4.71. The first-order chi connectivity index (χ1) is 6.20. The van der Waals surface area contributed by atoms with Crippen LogP contribution in [0.5, 0.6) is 0 Å². The molecule has 0 aliphatic carbocycles. The van der Waals surface area contributed by atoms with Gasteiger partial charge in [-0.2, -0.15) is 12.6 Å². The Balaban J connectivity index is 2.32. The van der Waals surface area contributed by atoms with Gasteiger partial charge in [-0.15, -0.1) is 0 Å². The molecule has 0 saturated carbocycles. The standard InChI is InChI=1S/C9H16BNO2S/c1-7(12)3-8(2)4-11(5-8)6-9(10,13)14/h13-14H,3-6H2,1-2H3. The summed E-state index contributed by atoms with van der Waals surface area (Å²) in [5.41, 5.74) is 0.0604. The van der Waals surface area contributed by atoms with Crippen molar-refractivity contribution in [2.75, 3.05) is 19.6 Å². The number of ketones is 1.